The molecular weight excluding hydrogens is 334 g/mol. The van der Waals surface area contributed by atoms with Gasteiger partial charge in [-0.25, -0.2) is 13.1 Å². The summed E-state index contributed by atoms with van der Waals surface area (Å²) in [6.45, 7) is 0.184. The molecule has 116 valence electrons. The van der Waals surface area contributed by atoms with Gasteiger partial charge in [-0.15, -0.1) is 0 Å². The van der Waals surface area contributed by atoms with Gasteiger partial charge in [0.2, 0.25) is 15.9 Å². The standard InChI is InChI=1S/C12H16ClN3O3S2/c13-9-5-4-8(12(15)20)7-10(9)21(18,19)16-6-2-1-3-11(14)17/h4-5,7,16H,1-3,6H2,(H2,14,17)(H2,15,20). The Balaban J connectivity index is 2.76. The number of hydrogen-bond acceptors (Lipinski definition) is 4. The zero-order valence-electron chi connectivity index (χ0n) is 11.1. The quantitative estimate of drug-likeness (QED) is 0.476. The first kappa shape index (κ1) is 17.8. The van der Waals surface area contributed by atoms with Gasteiger partial charge in [-0.2, -0.15) is 0 Å². The Morgan fingerprint density at radius 2 is 1.95 bits per heavy atom. The predicted molar refractivity (Wildman–Crippen MR) is 85.6 cm³/mol. The van der Waals surface area contributed by atoms with E-state index in [1.54, 1.807) is 6.07 Å². The number of halogens is 1. The summed E-state index contributed by atoms with van der Waals surface area (Å²) in [4.78, 5) is 10.6. The molecule has 0 aliphatic carbocycles. The van der Waals surface area contributed by atoms with Gasteiger partial charge in [-0.1, -0.05) is 29.9 Å². The second kappa shape index (κ2) is 7.69. The van der Waals surface area contributed by atoms with E-state index in [9.17, 15) is 13.2 Å². The summed E-state index contributed by atoms with van der Waals surface area (Å²) in [7, 11) is -3.76. The third-order valence-electron chi connectivity index (χ3n) is 2.65. The third-order valence-corrected chi connectivity index (χ3v) is 4.83. The van der Waals surface area contributed by atoms with Crippen molar-refractivity contribution in [3.8, 4) is 0 Å². The lowest BCUT2D eigenvalue weighted by Crippen LogP contribution is -2.26. The van der Waals surface area contributed by atoms with Gasteiger partial charge in [0.25, 0.3) is 0 Å². The summed E-state index contributed by atoms with van der Waals surface area (Å²) in [5.41, 5.74) is 10.9. The summed E-state index contributed by atoms with van der Waals surface area (Å²) in [5.74, 6) is -0.412. The first-order valence-corrected chi connectivity index (χ1v) is 8.38. The van der Waals surface area contributed by atoms with Crippen LogP contribution >= 0.6 is 23.8 Å². The maximum atomic E-state index is 12.2. The van der Waals surface area contributed by atoms with E-state index in [0.717, 1.165) is 0 Å². The first-order valence-electron chi connectivity index (χ1n) is 6.11. The highest BCUT2D eigenvalue weighted by atomic mass is 35.5. The Morgan fingerprint density at radius 3 is 2.52 bits per heavy atom. The smallest absolute Gasteiger partial charge is 0.242 e. The number of hydrogen-bond donors (Lipinski definition) is 3. The molecule has 1 amide bonds. The average molecular weight is 350 g/mol. The minimum absolute atomic E-state index is 0.0793. The van der Waals surface area contributed by atoms with Crippen LogP contribution in [-0.4, -0.2) is 25.9 Å². The van der Waals surface area contributed by atoms with Crippen LogP contribution in [0.1, 0.15) is 24.8 Å². The second-order valence-electron chi connectivity index (χ2n) is 4.33. The van der Waals surface area contributed by atoms with Crippen LogP contribution in [0.2, 0.25) is 5.02 Å². The molecule has 1 rings (SSSR count). The first-order chi connectivity index (χ1) is 9.74. The highest BCUT2D eigenvalue weighted by molar-refractivity contribution is 7.89. The van der Waals surface area contributed by atoms with Gasteiger partial charge in [-0.3, -0.25) is 4.79 Å². The molecule has 0 heterocycles. The highest BCUT2D eigenvalue weighted by Crippen LogP contribution is 2.22. The molecule has 0 atom stereocenters. The Bertz CT molecular complexity index is 647. The minimum Gasteiger partial charge on any atom is -0.389 e. The molecule has 9 heteroatoms. The van der Waals surface area contributed by atoms with Gasteiger partial charge >= 0.3 is 0 Å². The summed E-state index contributed by atoms with van der Waals surface area (Å²) in [5, 5.41) is 0.0830. The van der Waals surface area contributed by atoms with Crippen LogP contribution in [0.25, 0.3) is 0 Å². The second-order valence-corrected chi connectivity index (χ2v) is 6.91. The van der Waals surface area contributed by atoms with Crippen LogP contribution in [0, 0.1) is 0 Å². The van der Waals surface area contributed by atoms with Gasteiger partial charge in [-0.05, 0) is 25.0 Å². The van der Waals surface area contributed by atoms with Crippen molar-refractivity contribution < 1.29 is 13.2 Å². The predicted octanol–water partition coefficient (Wildman–Crippen LogP) is 0.908. The maximum Gasteiger partial charge on any atom is 0.242 e. The zero-order chi connectivity index (χ0) is 16.0. The summed E-state index contributed by atoms with van der Waals surface area (Å²) >= 11 is 10.7. The van der Waals surface area contributed by atoms with Crippen LogP contribution in [0.3, 0.4) is 0 Å². The number of thiocarbonyl (C=S) groups is 1. The molecular formula is C12H16ClN3O3S2. The van der Waals surface area contributed by atoms with E-state index in [-0.39, 0.29) is 27.9 Å². The molecule has 0 bridgehead atoms. The molecule has 0 aliphatic rings. The number of unbranched alkanes of at least 4 members (excludes halogenated alkanes) is 1. The van der Waals surface area contributed by atoms with Gasteiger partial charge in [0, 0.05) is 18.5 Å². The molecule has 0 unspecified atom stereocenters. The number of carbonyl (C=O) groups excluding carboxylic acids is 1. The van der Waals surface area contributed by atoms with Crippen molar-refractivity contribution in [2.45, 2.75) is 24.2 Å². The van der Waals surface area contributed by atoms with Crippen molar-refractivity contribution in [1.82, 2.24) is 4.72 Å². The Kier molecular flexibility index (Phi) is 6.53. The van der Waals surface area contributed by atoms with Crippen molar-refractivity contribution in [2.75, 3.05) is 6.54 Å². The Hall–Kier alpha value is -1.22. The third kappa shape index (κ3) is 5.58. The number of sulfonamides is 1. The van der Waals surface area contributed by atoms with E-state index in [0.29, 0.717) is 18.4 Å². The molecule has 5 N–H and O–H groups in total. The fraction of sp³-hybridized carbons (Fsp3) is 0.333. The Morgan fingerprint density at radius 1 is 1.29 bits per heavy atom. The maximum absolute atomic E-state index is 12.2. The van der Waals surface area contributed by atoms with Crippen LogP contribution in [0.5, 0.6) is 0 Å². The van der Waals surface area contributed by atoms with Gasteiger partial charge in [0.1, 0.15) is 9.88 Å². The number of benzene rings is 1. The van der Waals surface area contributed by atoms with E-state index >= 15 is 0 Å². The van der Waals surface area contributed by atoms with E-state index in [1.165, 1.54) is 12.1 Å². The molecule has 0 aromatic heterocycles. The van der Waals surface area contributed by atoms with Gasteiger partial charge < -0.3 is 11.5 Å². The molecule has 0 saturated heterocycles. The largest absolute Gasteiger partial charge is 0.389 e. The number of amides is 1. The van der Waals surface area contributed by atoms with Crippen LogP contribution in [0.4, 0.5) is 0 Å². The lowest BCUT2D eigenvalue weighted by atomic mass is 10.2. The lowest BCUT2D eigenvalue weighted by Gasteiger charge is -2.09. The minimum atomic E-state index is -3.76. The average Bonchev–Trinajstić information content (AvgIpc) is 2.37. The summed E-state index contributed by atoms with van der Waals surface area (Å²) in [6, 6.07) is 4.31. The van der Waals surface area contributed by atoms with E-state index in [2.05, 4.69) is 4.72 Å². The van der Waals surface area contributed by atoms with Gasteiger partial charge in [0.15, 0.2) is 0 Å². The van der Waals surface area contributed by atoms with Crippen molar-refractivity contribution >= 4 is 44.7 Å². The number of rotatable bonds is 8. The molecule has 1 aromatic carbocycles. The summed E-state index contributed by atoms with van der Waals surface area (Å²) in [6.07, 6.45) is 1.23. The molecule has 6 nitrogen and oxygen atoms in total. The Labute approximate surface area is 133 Å². The molecule has 21 heavy (non-hydrogen) atoms. The number of nitrogens with two attached hydrogens (primary N) is 2. The normalized spacial score (nSPS) is 11.3. The fourth-order valence-electron chi connectivity index (χ4n) is 1.57. The number of nitrogens with one attached hydrogen (secondary N) is 1. The molecule has 0 spiro atoms. The van der Waals surface area contributed by atoms with Gasteiger partial charge in [0.05, 0.1) is 5.02 Å². The molecule has 0 saturated carbocycles. The van der Waals surface area contributed by atoms with Crippen molar-refractivity contribution in [3.63, 3.8) is 0 Å². The molecule has 0 aliphatic heterocycles. The monoisotopic (exact) mass is 349 g/mol. The number of primary amides is 1. The van der Waals surface area contributed by atoms with E-state index in [1.807, 2.05) is 0 Å². The molecule has 0 fully saturated rings. The molecule has 0 radical (unpaired) electrons. The van der Waals surface area contributed by atoms with Crippen molar-refractivity contribution in [3.05, 3.63) is 28.8 Å². The lowest BCUT2D eigenvalue weighted by molar-refractivity contribution is -0.118. The highest BCUT2D eigenvalue weighted by Gasteiger charge is 2.18. The zero-order valence-corrected chi connectivity index (χ0v) is 13.5. The summed E-state index contributed by atoms with van der Waals surface area (Å²) < 4.78 is 26.7. The topological polar surface area (TPSA) is 115 Å². The SMILES string of the molecule is NC(=O)CCCCNS(=O)(=O)c1cc(C(N)=S)ccc1Cl. The molecule has 1 aromatic rings. The fourth-order valence-corrected chi connectivity index (χ4v) is 3.30. The number of carbonyl (C=O) groups is 1. The van der Waals surface area contributed by atoms with E-state index < -0.39 is 15.9 Å². The van der Waals surface area contributed by atoms with Crippen LogP contribution < -0.4 is 16.2 Å². The van der Waals surface area contributed by atoms with Crippen LogP contribution in [0.15, 0.2) is 23.1 Å². The van der Waals surface area contributed by atoms with E-state index in [4.69, 9.17) is 35.3 Å². The van der Waals surface area contributed by atoms with Crippen molar-refractivity contribution in [2.24, 2.45) is 11.5 Å². The van der Waals surface area contributed by atoms with Crippen LogP contribution in [-0.2, 0) is 14.8 Å². The van der Waals surface area contributed by atoms with Crippen molar-refractivity contribution in [1.29, 1.82) is 0 Å².